The second-order valence-corrected chi connectivity index (χ2v) is 3.89. The second-order valence-electron chi connectivity index (χ2n) is 3.89. The van der Waals surface area contributed by atoms with Crippen molar-refractivity contribution < 1.29 is 9.53 Å². The van der Waals surface area contributed by atoms with E-state index in [1.54, 1.807) is 6.07 Å². The minimum absolute atomic E-state index is 0.0289. The lowest BCUT2D eigenvalue weighted by Gasteiger charge is -2.30. The first-order valence-electron chi connectivity index (χ1n) is 5.62. The molecule has 1 heterocycles. The van der Waals surface area contributed by atoms with E-state index in [0.29, 0.717) is 12.2 Å². The molecule has 4 heteroatoms. The van der Waals surface area contributed by atoms with Crippen molar-refractivity contribution in [1.29, 1.82) is 0 Å². The van der Waals surface area contributed by atoms with E-state index in [0.717, 1.165) is 24.5 Å². The summed E-state index contributed by atoms with van der Waals surface area (Å²) in [6, 6.07) is 5.42. The number of hydrogen-bond acceptors (Lipinski definition) is 4. The van der Waals surface area contributed by atoms with Crippen LogP contribution in [0.15, 0.2) is 30.9 Å². The second kappa shape index (κ2) is 5.01. The van der Waals surface area contributed by atoms with Gasteiger partial charge in [0.2, 0.25) is 0 Å². The third-order valence-corrected chi connectivity index (χ3v) is 2.78. The molecule has 0 spiro atoms. The summed E-state index contributed by atoms with van der Waals surface area (Å²) in [4.78, 5) is 13.7. The number of nitrogens with two attached hydrogens (primary N) is 1. The molecule has 2 rings (SSSR count). The molecule has 0 amide bonds. The Morgan fingerprint density at radius 2 is 2.41 bits per heavy atom. The maximum absolute atomic E-state index is 11.6. The van der Waals surface area contributed by atoms with Gasteiger partial charge in [-0.15, -0.1) is 6.58 Å². The maximum atomic E-state index is 11.6. The van der Waals surface area contributed by atoms with Crippen molar-refractivity contribution in [3.8, 4) is 5.75 Å². The van der Waals surface area contributed by atoms with Crippen molar-refractivity contribution in [2.75, 3.05) is 31.1 Å². The Balaban J connectivity index is 2.36. The highest BCUT2D eigenvalue weighted by atomic mass is 16.5. The van der Waals surface area contributed by atoms with Gasteiger partial charge in [0, 0.05) is 12.1 Å². The molecule has 17 heavy (non-hydrogen) atoms. The molecule has 1 aliphatic rings. The number of carbonyl (C=O) groups is 1. The number of nitrogens with zero attached hydrogens (tertiary/aromatic N) is 1. The zero-order valence-corrected chi connectivity index (χ0v) is 9.69. The van der Waals surface area contributed by atoms with Crippen LogP contribution in [0.5, 0.6) is 5.75 Å². The van der Waals surface area contributed by atoms with Crippen molar-refractivity contribution in [1.82, 2.24) is 0 Å². The number of ether oxygens (including phenoxy) is 1. The van der Waals surface area contributed by atoms with Gasteiger partial charge in [0.25, 0.3) is 0 Å². The van der Waals surface area contributed by atoms with Crippen molar-refractivity contribution in [2.24, 2.45) is 5.73 Å². The summed E-state index contributed by atoms with van der Waals surface area (Å²) < 4.78 is 5.55. The molecule has 0 bridgehead atoms. The lowest BCUT2D eigenvalue weighted by molar-refractivity contribution is 0.100. The van der Waals surface area contributed by atoms with E-state index in [1.807, 2.05) is 18.2 Å². The number of ketones is 1. The van der Waals surface area contributed by atoms with Gasteiger partial charge < -0.3 is 15.4 Å². The number of fused-ring (bicyclic) bond motifs is 1. The van der Waals surface area contributed by atoms with Gasteiger partial charge >= 0.3 is 0 Å². The van der Waals surface area contributed by atoms with E-state index in [2.05, 4.69) is 11.5 Å². The quantitative estimate of drug-likeness (QED) is 0.626. The highest BCUT2D eigenvalue weighted by Crippen LogP contribution is 2.32. The fraction of sp³-hybridized carbons (Fsp3) is 0.308. The van der Waals surface area contributed by atoms with Crippen molar-refractivity contribution in [3.63, 3.8) is 0 Å². The summed E-state index contributed by atoms with van der Waals surface area (Å²) in [5.74, 6) is 0.753. The van der Waals surface area contributed by atoms with E-state index < -0.39 is 0 Å². The van der Waals surface area contributed by atoms with E-state index >= 15 is 0 Å². The first kappa shape index (κ1) is 11.7. The summed E-state index contributed by atoms with van der Waals surface area (Å²) >= 11 is 0. The highest BCUT2D eigenvalue weighted by molar-refractivity contribution is 5.98. The highest BCUT2D eigenvalue weighted by Gasteiger charge is 2.18. The number of rotatable bonds is 4. The molecule has 2 N–H and O–H groups in total. The largest absolute Gasteiger partial charge is 0.490 e. The Hall–Kier alpha value is -1.81. The normalized spacial score (nSPS) is 13.8. The summed E-state index contributed by atoms with van der Waals surface area (Å²) in [6.45, 7) is 5.97. The Kier molecular flexibility index (Phi) is 3.44. The molecule has 4 nitrogen and oxygen atoms in total. The molecule has 0 saturated carbocycles. The lowest BCUT2D eigenvalue weighted by atomic mass is 10.1. The van der Waals surface area contributed by atoms with E-state index in [4.69, 9.17) is 10.5 Å². The average Bonchev–Trinajstić information content (AvgIpc) is 2.38. The molecular formula is C13H16N2O2. The first-order chi connectivity index (χ1) is 8.26. The fourth-order valence-corrected chi connectivity index (χ4v) is 1.91. The van der Waals surface area contributed by atoms with Gasteiger partial charge in [-0.1, -0.05) is 6.08 Å². The third-order valence-electron chi connectivity index (χ3n) is 2.78. The summed E-state index contributed by atoms with van der Waals surface area (Å²) in [7, 11) is 0. The smallest absolute Gasteiger partial charge is 0.176 e. The Morgan fingerprint density at radius 3 is 3.12 bits per heavy atom. The molecule has 0 radical (unpaired) electrons. The summed E-state index contributed by atoms with van der Waals surface area (Å²) in [6.07, 6.45) is 1.84. The van der Waals surface area contributed by atoms with E-state index in [-0.39, 0.29) is 12.3 Å². The SMILES string of the molecule is C=CCN1CCOc2ccc(C(=O)CN)cc21. The van der Waals surface area contributed by atoms with Crippen LogP contribution < -0.4 is 15.4 Å². The molecule has 0 atom stereocenters. The molecule has 0 unspecified atom stereocenters. The van der Waals surface area contributed by atoms with E-state index in [1.165, 1.54) is 0 Å². The summed E-state index contributed by atoms with van der Waals surface area (Å²) in [5.41, 5.74) is 6.93. The van der Waals surface area contributed by atoms with Crippen LogP contribution in [0.2, 0.25) is 0 Å². The molecule has 0 aliphatic carbocycles. The maximum Gasteiger partial charge on any atom is 0.176 e. The fourth-order valence-electron chi connectivity index (χ4n) is 1.91. The van der Waals surface area contributed by atoms with Crippen LogP contribution in [-0.4, -0.2) is 32.0 Å². The van der Waals surface area contributed by atoms with Crippen LogP contribution in [-0.2, 0) is 0 Å². The first-order valence-corrected chi connectivity index (χ1v) is 5.62. The molecule has 0 aromatic heterocycles. The van der Waals surface area contributed by atoms with Gasteiger partial charge in [0.05, 0.1) is 18.8 Å². The van der Waals surface area contributed by atoms with Crippen molar-refractivity contribution in [3.05, 3.63) is 36.4 Å². The van der Waals surface area contributed by atoms with Crippen molar-refractivity contribution >= 4 is 11.5 Å². The van der Waals surface area contributed by atoms with Gasteiger partial charge in [0.15, 0.2) is 5.78 Å². The van der Waals surface area contributed by atoms with Crippen LogP contribution >= 0.6 is 0 Å². The third kappa shape index (κ3) is 2.31. The number of anilines is 1. The number of carbonyl (C=O) groups excluding carboxylic acids is 1. The van der Waals surface area contributed by atoms with Gasteiger partial charge in [0.1, 0.15) is 12.4 Å². The number of Topliss-reactive ketones (excluding diaryl/α,β-unsaturated/α-hetero) is 1. The van der Waals surface area contributed by atoms with Gasteiger partial charge in [-0.05, 0) is 18.2 Å². The number of hydrogen-bond donors (Lipinski definition) is 1. The van der Waals surface area contributed by atoms with Crippen LogP contribution in [0.1, 0.15) is 10.4 Å². The van der Waals surface area contributed by atoms with Gasteiger partial charge in [-0.2, -0.15) is 0 Å². The van der Waals surface area contributed by atoms with E-state index in [9.17, 15) is 4.79 Å². The Morgan fingerprint density at radius 1 is 1.59 bits per heavy atom. The van der Waals surface area contributed by atoms with Gasteiger partial charge in [-0.25, -0.2) is 0 Å². The predicted molar refractivity (Wildman–Crippen MR) is 67.7 cm³/mol. The van der Waals surface area contributed by atoms with Crippen LogP contribution in [0, 0.1) is 0 Å². The zero-order valence-electron chi connectivity index (χ0n) is 9.69. The van der Waals surface area contributed by atoms with Gasteiger partial charge in [-0.3, -0.25) is 4.79 Å². The summed E-state index contributed by atoms with van der Waals surface area (Å²) in [5, 5.41) is 0. The monoisotopic (exact) mass is 232 g/mol. The lowest BCUT2D eigenvalue weighted by Crippen LogP contribution is -2.33. The average molecular weight is 232 g/mol. The molecule has 0 saturated heterocycles. The topological polar surface area (TPSA) is 55.6 Å². The Bertz CT molecular complexity index is 443. The molecule has 1 aromatic rings. The minimum Gasteiger partial charge on any atom is -0.490 e. The predicted octanol–water partition coefficient (Wildman–Crippen LogP) is 1.21. The Labute approximate surface area is 101 Å². The van der Waals surface area contributed by atoms with Crippen LogP contribution in [0.25, 0.3) is 0 Å². The molecule has 1 aliphatic heterocycles. The zero-order chi connectivity index (χ0) is 12.3. The minimum atomic E-state index is -0.0584. The number of benzene rings is 1. The molecule has 90 valence electrons. The van der Waals surface area contributed by atoms with Crippen molar-refractivity contribution in [2.45, 2.75) is 0 Å². The standard InChI is InChI=1S/C13H16N2O2/c1-2-5-15-6-7-17-13-4-3-10(8-11(13)15)12(16)9-14/h2-4,8H,1,5-7,9,14H2. The van der Waals surface area contributed by atoms with Crippen LogP contribution in [0.3, 0.4) is 0 Å². The molecule has 1 aromatic carbocycles. The molecular weight excluding hydrogens is 216 g/mol. The van der Waals surface area contributed by atoms with Crippen LogP contribution in [0.4, 0.5) is 5.69 Å². The molecule has 0 fully saturated rings.